The van der Waals surface area contributed by atoms with Crippen LogP contribution in [0.3, 0.4) is 0 Å². The number of aliphatic imine (C=N–C) groups is 1. The first kappa shape index (κ1) is 27.1. The van der Waals surface area contributed by atoms with E-state index in [4.69, 9.17) is 4.74 Å². The molecule has 1 atom stereocenters. The minimum atomic E-state index is -3.57. The molecule has 0 spiro atoms. The third kappa shape index (κ3) is 9.40. The molecule has 1 aromatic carbocycles. The van der Waals surface area contributed by atoms with Gasteiger partial charge in [-0.15, -0.1) is 24.0 Å². The predicted octanol–water partition coefficient (Wildman–Crippen LogP) is 2.94. The van der Waals surface area contributed by atoms with Gasteiger partial charge in [0.2, 0.25) is 10.0 Å². The molecule has 0 radical (unpaired) electrons. The van der Waals surface area contributed by atoms with E-state index in [9.17, 15) is 8.42 Å². The smallest absolute Gasteiger partial charge is 0.242 e. The summed E-state index contributed by atoms with van der Waals surface area (Å²) in [5.41, 5.74) is 1.09. The van der Waals surface area contributed by atoms with Gasteiger partial charge in [-0.3, -0.25) is 9.98 Å². The molecule has 0 saturated carbocycles. The predicted molar refractivity (Wildman–Crippen MR) is 135 cm³/mol. The third-order valence-electron chi connectivity index (χ3n) is 4.19. The van der Waals surface area contributed by atoms with Gasteiger partial charge in [-0.05, 0) is 42.7 Å². The summed E-state index contributed by atoms with van der Waals surface area (Å²) in [5, 5.41) is 6.40. The van der Waals surface area contributed by atoms with Gasteiger partial charge in [0.1, 0.15) is 10.6 Å². The first-order chi connectivity index (χ1) is 14.3. The number of aromatic nitrogens is 1. The molecule has 0 bridgehead atoms. The molecule has 0 aliphatic heterocycles. The Bertz CT molecular complexity index is 906. The lowest BCUT2D eigenvalue weighted by Crippen LogP contribution is -2.42. The van der Waals surface area contributed by atoms with Gasteiger partial charge < -0.3 is 15.4 Å². The van der Waals surface area contributed by atoms with E-state index >= 15 is 0 Å². The molecule has 1 heterocycles. The molecule has 2 aromatic rings. The summed E-state index contributed by atoms with van der Waals surface area (Å²) in [4.78, 5) is 8.17. The number of benzene rings is 1. The molecule has 0 fully saturated rings. The number of nitrogens with zero attached hydrogens (tertiary/aromatic N) is 2. The van der Waals surface area contributed by atoms with Crippen molar-refractivity contribution in [1.82, 2.24) is 20.3 Å². The molecule has 2 rings (SSSR count). The van der Waals surface area contributed by atoms with Gasteiger partial charge in [0.25, 0.3) is 0 Å². The van der Waals surface area contributed by atoms with Crippen LogP contribution in [-0.4, -0.2) is 46.1 Å². The van der Waals surface area contributed by atoms with Crippen molar-refractivity contribution in [3.8, 4) is 5.75 Å². The Labute approximate surface area is 202 Å². The number of guanidine groups is 1. The highest BCUT2D eigenvalue weighted by atomic mass is 127. The third-order valence-corrected chi connectivity index (χ3v) is 5.64. The van der Waals surface area contributed by atoms with E-state index < -0.39 is 10.0 Å². The van der Waals surface area contributed by atoms with Gasteiger partial charge in [0.05, 0.1) is 12.6 Å². The monoisotopic (exact) mass is 561 g/mol. The van der Waals surface area contributed by atoms with Crippen molar-refractivity contribution in [3.05, 3.63) is 54.4 Å². The molecule has 0 amide bonds. The number of ether oxygens (including phenoxy) is 1. The topological polar surface area (TPSA) is 105 Å². The van der Waals surface area contributed by atoms with Crippen LogP contribution in [-0.2, 0) is 10.0 Å². The molecule has 3 N–H and O–H groups in total. The zero-order chi connectivity index (χ0) is 22.0. The number of hydrogen-bond acceptors (Lipinski definition) is 5. The van der Waals surface area contributed by atoms with Crippen molar-refractivity contribution < 1.29 is 13.2 Å². The summed E-state index contributed by atoms with van der Waals surface area (Å²) in [6, 6.07) is 11.1. The Hall–Kier alpha value is -1.92. The molecule has 0 aliphatic carbocycles. The second-order valence-corrected chi connectivity index (χ2v) is 8.99. The highest BCUT2D eigenvalue weighted by molar-refractivity contribution is 14.0. The second kappa shape index (κ2) is 13.5. The highest BCUT2D eigenvalue weighted by Crippen LogP contribution is 2.18. The zero-order valence-corrected chi connectivity index (χ0v) is 21.5. The minimum Gasteiger partial charge on any atom is -0.493 e. The second-order valence-electron chi connectivity index (χ2n) is 7.23. The van der Waals surface area contributed by atoms with Gasteiger partial charge >= 0.3 is 0 Å². The van der Waals surface area contributed by atoms with E-state index in [-0.39, 0.29) is 41.5 Å². The lowest BCUT2D eigenvalue weighted by atomic mass is 10.1. The summed E-state index contributed by atoms with van der Waals surface area (Å²) in [5.74, 6) is 1.92. The molecular formula is C21H32IN5O3S. The molecule has 0 saturated heterocycles. The van der Waals surface area contributed by atoms with Crippen LogP contribution >= 0.6 is 24.0 Å². The lowest BCUT2D eigenvalue weighted by Gasteiger charge is -2.19. The van der Waals surface area contributed by atoms with Crippen molar-refractivity contribution in [2.75, 3.05) is 26.7 Å². The molecule has 0 aliphatic rings. The number of pyridine rings is 1. The van der Waals surface area contributed by atoms with E-state index in [0.29, 0.717) is 25.0 Å². The molecule has 8 nitrogen and oxygen atoms in total. The maximum atomic E-state index is 12.2. The summed E-state index contributed by atoms with van der Waals surface area (Å²) in [7, 11) is -1.90. The van der Waals surface area contributed by atoms with Gasteiger partial charge in [0, 0.05) is 32.5 Å². The Morgan fingerprint density at radius 3 is 2.42 bits per heavy atom. The van der Waals surface area contributed by atoms with E-state index in [1.807, 2.05) is 31.2 Å². The quantitative estimate of drug-likeness (QED) is 0.178. The average molecular weight is 561 g/mol. The van der Waals surface area contributed by atoms with Crippen LogP contribution in [0.5, 0.6) is 5.75 Å². The first-order valence-corrected chi connectivity index (χ1v) is 11.4. The van der Waals surface area contributed by atoms with Crippen LogP contribution in [0, 0.1) is 5.92 Å². The maximum absolute atomic E-state index is 12.2. The Kier molecular flexibility index (Phi) is 11.8. The Morgan fingerprint density at radius 1 is 1.13 bits per heavy atom. The van der Waals surface area contributed by atoms with Crippen molar-refractivity contribution in [2.45, 2.75) is 31.7 Å². The van der Waals surface area contributed by atoms with Crippen LogP contribution in [0.1, 0.15) is 32.4 Å². The molecule has 1 unspecified atom stereocenters. The van der Waals surface area contributed by atoms with Crippen LogP contribution in [0.25, 0.3) is 0 Å². The standard InChI is InChI=1S/C21H31N5O3S.HI/c1-16(2)15-29-19-9-7-18(8-10-19)17(3)26-21(22-4)24-12-13-25-30(27,28)20-6-5-11-23-14-20;/h5-11,14,16-17,25H,12-13,15H2,1-4H3,(H2,22,24,26);1H. The first-order valence-electron chi connectivity index (χ1n) is 9.91. The van der Waals surface area contributed by atoms with Crippen molar-refractivity contribution in [1.29, 1.82) is 0 Å². The van der Waals surface area contributed by atoms with Crippen molar-refractivity contribution in [2.24, 2.45) is 10.9 Å². The van der Waals surface area contributed by atoms with E-state index in [1.54, 1.807) is 13.1 Å². The Balaban J connectivity index is 0.00000480. The number of halogens is 1. The van der Waals surface area contributed by atoms with E-state index in [1.165, 1.54) is 18.5 Å². The molecule has 10 heteroatoms. The molecule has 172 valence electrons. The summed E-state index contributed by atoms with van der Waals surface area (Å²) in [6.07, 6.45) is 2.85. The maximum Gasteiger partial charge on any atom is 0.242 e. The number of nitrogens with one attached hydrogen (secondary N) is 3. The van der Waals surface area contributed by atoms with Crippen LogP contribution < -0.4 is 20.1 Å². The molecule has 31 heavy (non-hydrogen) atoms. The summed E-state index contributed by atoms with van der Waals surface area (Å²) in [6.45, 7) is 7.55. The molecular weight excluding hydrogens is 529 g/mol. The fourth-order valence-electron chi connectivity index (χ4n) is 2.55. The van der Waals surface area contributed by atoms with Gasteiger partial charge in [0.15, 0.2) is 5.96 Å². The van der Waals surface area contributed by atoms with Crippen LogP contribution in [0.15, 0.2) is 58.7 Å². The molecule has 1 aromatic heterocycles. The minimum absolute atomic E-state index is 0. The number of sulfonamides is 1. The normalized spacial score (nSPS) is 12.7. The summed E-state index contributed by atoms with van der Waals surface area (Å²) < 4.78 is 32.6. The summed E-state index contributed by atoms with van der Waals surface area (Å²) >= 11 is 0. The average Bonchev–Trinajstić information content (AvgIpc) is 2.75. The number of hydrogen-bond donors (Lipinski definition) is 3. The fraction of sp³-hybridized carbons (Fsp3) is 0.429. The van der Waals surface area contributed by atoms with E-state index in [0.717, 1.165) is 11.3 Å². The highest BCUT2D eigenvalue weighted by Gasteiger charge is 2.13. The largest absolute Gasteiger partial charge is 0.493 e. The number of rotatable bonds is 10. The SMILES string of the molecule is CN=C(NCCNS(=O)(=O)c1cccnc1)NC(C)c1ccc(OCC(C)C)cc1.I. The van der Waals surface area contributed by atoms with Gasteiger partial charge in [-0.1, -0.05) is 26.0 Å². The van der Waals surface area contributed by atoms with Crippen LogP contribution in [0.2, 0.25) is 0 Å². The van der Waals surface area contributed by atoms with E-state index in [2.05, 4.69) is 39.2 Å². The zero-order valence-electron chi connectivity index (χ0n) is 18.3. The van der Waals surface area contributed by atoms with Gasteiger partial charge in [-0.25, -0.2) is 13.1 Å². The van der Waals surface area contributed by atoms with Crippen molar-refractivity contribution >= 4 is 40.0 Å². The Morgan fingerprint density at radius 2 is 1.84 bits per heavy atom. The van der Waals surface area contributed by atoms with Crippen molar-refractivity contribution in [3.63, 3.8) is 0 Å². The lowest BCUT2D eigenvalue weighted by molar-refractivity contribution is 0.271. The van der Waals surface area contributed by atoms with Gasteiger partial charge in [-0.2, -0.15) is 0 Å². The van der Waals surface area contributed by atoms with Crippen LogP contribution in [0.4, 0.5) is 0 Å². The fourth-order valence-corrected chi connectivity index (χ4v) is 3.55.